The molecular formula is C14H20N4O2S. The first-order valence-electron chi connectivity index (χ1n) is 6.77. The summed E-state index contributed by atoms with van der Waals surface area (Å²) in [6, 6.07) is 1.83. The number of nitrogen functional groups attached to an aromatic ring is 1. The number of thiazole rings is 1. The predicted octanol–water partition coefficient (Wildman–Crippen LogP) is 2.44. The lowest BCUT2D eigenvalue weighted by molar-refractivity contribution is 0.0790. The van der Waals surface area contributed by atoms with E-state index in [1.807, 2.05) is 18.0 Å². The van der Waals surface area contributed by atoms with Gasteiger partial charge >= 0.3 is 0 Å². The van der Waals surface area contributed by atoms with Gasteiger partial charge in [-0.15, -0.1) is 0 Å². The summed E-state index contributed by atoms with van der Waals surface area (Å²) >= 11 is 1.33. The topological polar surface area (TPSA) is 75.6 Å². The van der Waals surface area contributed by atoms with Crippen LogP contribution in [0, 0.1) is 0 Å². The van der Waals surface area contributed by atoms with Gasteiger partial charge in [-0.25, -0.2) is 4.98 Å². The monoisotopic (exact) mass is 308 g/mol. The third kappa shape index (κ3) is 3.55. The Kier molecular flexibility index (Phi) is 4.85. The Bertz CT molecular complexity index is 594. The zero-order valence-electron chi connectivity index (χ0n) is 12.5. The van der Waals surface area contributed by atoms with Crippen molar-refractivity contribution in [3.63, 3.8) is 0 Å². The minimum Gasteiger partial charge on any atom is -0.472 e. The quantitative estimate of drug-likeness (QED) is 0.887. The molecule has 7 heteroatoms. The second-order valence-electron chi connectivity index (χ2n) is 4.93. The third-order valence-electron chi connectivity index (χ3n) is 3.07. The van der Waals surface area contributed by atoms with Gasteiger partial charge < -0.3 is 20.0 Å². The van der Waals surface area contributed by atoms with E-state index >= 15 is 0 Å². The molecule has 2 heterocycles. The van der Waals surface area contributed by atoms with Crippen molar-refractivity contribution in [3.8, 4) is 0 Å². The summed E-state index contributed by atoms with van der Waals surface area (Å²) in [5, 5.41) is 0.773. The maximum atomic E-state index is 12.5. The molecule has 0 atom stereocenters. The van der Waals surface area contributed by atoms with Gasteiger partial charge in [-0.1, -0.05) is 18.3 Å². The number of anilines is 2. The number of hydrogen-bond donors (Lipinski definition) is 1. The zero-order chi connectivity index (χ0) is 15.4. The van der Waals surface area contributed by atoms with Crippen LogP contribution < -0.4 is 10.6 Å². The van der Waals surface area contributed by atoms with Gasteiger partial charge in [-0.2, -0.15) is 0 Å². The smallest absolute Gasteiger partial charge is 0.267 e. The molecule has 114 valence electrons. The Labute approximate surface area is 128 Å². The molecule has 0 unspecified atom stereocenters. The minimum absolute atomic E-state index is 0.123. The summed E-state index contributed by atoms with van der Waals surface area (Å²) in [4.78, 5) is 20.8. The normalized spacial score (nSPS) is 10.6. The number of amides is 1. The molecule has 0 aliphatic heterocycles. The molecule has 0 bridgehead atoms. The van der Waals surface area contributed by atoms with Gasteiger partial charge in [0.25, 0.3) is 5.91 Å². The lowest BCUT2D eigenvalue weighted by Gasteiger charge is -2.15. The van der Waals surface area contributed by atoms with Crippen LogP contribution in [0.5, 0.6) is 0 Å². The van der Waals surface area contributed by atoms with Gasteiger partial charge in [0.2, 0.25) is 0 Å². The van der Waals surface area contributed by atoms with Crippen LogP contribution >= 0.6 is 11.3 Å². The lowest BCUT2D eigenvalue weighted by atomic mass is 10.3. The molecule has 0 aliphatic carbocycles. The summed E-state index contributed by atoms with van der Waals surface area (Å²) in [5.41, 5.74) is 6.84. The van der Waals surface area contributed by atoms with Crippen LogP contribution in [0.25, 0.3) is 0 Å². The molecule has 1 amide bonds. The molecular weight excluding hydrogens is 288 g/mol. The summed E-state index contributed by atoms with van der Waals surface area (Å²) in [6.45, 7) is 3.45. The Balaban J connectivity index is 2.11. The molecule has 2 rings (SSSR count). The molecule has 0 aromatic carbocycles. The number of carbonyl (C=O) groups excluding carboxylic acids is 1. The highest BCUT2D eigenvalue weighted by molar-refractivity contribution is 7.18. The van der Waals surface area contributed by atoms with E-state index in [9.17, 15) is 4.79 Å². The molecule has 0 fully saturated rings. The van der Waals surface area contributed by atoms with Gasteiger partial charge in [-0.05, 0) is 12.5 Å². The van der Waals surface area contributed by atoms with E-state index in [0.717, 1.165) is 23.7 Å². The van der Waals surface area contributed by atoms with Crippen LogP contribution in [-0.2, 0) is 6.54 Å². The Hall–Kier alpha value is -2.02. The molecule has 6 nitrogen and oxygen atoms in total. The van der Waals surface area contributed by atoms with E-state index in [-0.39, 0.29) is 5.91 Å². The lowest BCUT2D eigenvalue weighted by Crippen LogP contribution is -2.25. The molecule has 2 N–H and O–H groups in total. The Morgan fingerprint density at radius 2 is 2.24 bits per heavy atom. The summed E-state index contributed by atoms with van der Waals surface area (Å²) < 4.78 is 5.01. The molecule has 0 spiro atoms. The number of carbonyl (C=O) groups is 1. The SMILES string of the molecule is CCCN(C)c1nc(N)c(C(=O)N(C)Cc2ccoc2)s1. The highest BCUT2D eigenvalue weighted by Crippen LogP contribution is 2.28. The first-order valence-corrected chi connectivity index (χ1v) is 7.58. The molecule has 0 radical (unpaired) electrons. The Morgan fingerprint density at radius 3 is 2.86 bits per heavy atom. The van der Waals surface area contributed by atoms with E-state index in [0.29, 0.717) is 17.2 Å². The van der Waals surface area contributed by atoms with Gasteiger partial charge in [0.1, 0.15) is 10.7 Å². The second kappa shape index (κ2) is 6.62. The molecule has 2 aromatic heterocycles. The standard InChI is InChI=1S/C14H20N4O2S/c1-4-6-17(2)14-16-12(15)11(21-14)13(19)18(3)8-10-5-7-20-9-10/h5,7,9H,4,6,8,15H2,1-3H3. The number of hydrogen-bond acceptors (Lipinski definition) is 6. The maximum absolute atomic E-state index is 12.5. The number of aromatic nitrogens is 1. The number of furan rings is 1. The fourth-order valence-corrected chi connectivity index (χ4v) is 2.94. The molecule has 0 aliphatic rings. The first-order chi connectivity index (χ1) is 10.0. The highest BCUT2D eigenvalue weighted by Gasteiger charge is 2.21. The van der Waals surface area contributed by atoms with Gasteiger partial charge in [0.05, 0.1) is 12.5 Å². The average Bonchev–Trinajstić information content (AvgIpc) is 3.07. The number of nitrogens with two attached hydrogens (primary N) is 1. The summed E-state index contributed by atoms with van der Waals surface area (Å²) in [5.74, 6) is 0.171. The molecule has 2 aromatic rings. The largest absolute Gasteiger partial charge is 0.472 e. The van der Waals surface area contributed by atoms with Crippen molar-refractivity contribution in [2.24, 2.45) is 0 Å². The van der Waals surface area contributed by atoms with E-state index in [2.05, 4.69) is 11.9 Å². The van der Waals surface area contributed by atoms with E-state index in [1.165, 1.54) is 11.3 Å². The van der Waals surface area contributed by atoms with Crippen molar-refractivity contribution in [1.82, 2.24) is 9.88 Å². The first kappa shape index (κ1) is 15.4. The van der Waals surface area contributed by atoms with Crippen molar-refractivity contribution in [2.75, 3.05) is 31.3 Å². The molecule has 0 saturated heterocycles. The zero-order valence-corrected chi connectivity index (χ0v) is 13.3. The van der Waals surface area contributed by atoms with Crippen LogP contribution in [0.1, 0.15) is 28.6 Å². The van der Waals surface area contributed by atoms with Gasteiger partial charge in [0, 0.05) is 32.7 Å². The van der Waals surface area contributed by atoms with Crippen LogP contribution in [0.2, 0.25) is 0 Å². The average molecular weight is 308 g/mol. The van der Waals surface area contributed by atoms with Crippen molar-refractivity contribution < 1.29 is 9.21 Å². The van der Waals surface area contributed by atoms with Crippen LogP contribution in [0.4, 0.5) is 10.9 Å². The maximum Gasteiger partial charge on any atom is 0.267 e. The fourth-order valence-electron chi connectivity index (χ4n) is 1.97. The van der Waals surface area contributed by atoms with Crippen molar-refractivity contribution in [1.29, 1.82) is 0 Å². The van der Waals surface area contributed by atoms with Crippen molar-refractivity contribution in [2.45, 2.75) is 19.9 Å². The number of rotatable bonds is 6. The van der Waals surface area contributed by atoms with Crippen molar-refractivity contribution in [3.05, 3.63) is 29.0 Å². The number of nitrogens with zero attached hydrogens (tertiary/aromatic N) is 3. The molecule has 0 saturated carbocycles. The van der Waals surface area contributed by atoms with E-state index in [4.69, 9.17) is 10.2 Å². The minimum atomic E-state index is -0.123. The predicted molar refractivity (Wildman–Crippen MR) is 84.6 cm³/mol. The van der Waals surface area contributed by atoms with Crippen LogP contribution in [0.3, 0.4) is 0 Å². The van der Waals surface area contributed by atoms with Crippen LogP contribution in [0.15, 0.2) is 23.0 Å². The molecule has 21 heavy (non-hydrogen) atoms. The van der Waals surface area contributed by atoms with Gasteiger partial charge in [-0.3, -0.25) is 4.79 Å². The Morgan fingerprint density at radius 1 is 1.48 bits per heavy atom. The second-order valence-corrected chi connectivity index (χ2v) is 5.90. The van der Waals surface area contributed by atoms with E-state index in [1.54, 1.807) is 24.5 Å². The summed E-state index contributed by atoms with van der Waals surface area (Å²) in [7, 11) is 3.69. The highest BCUT2D eigenvalue weighted by atomic mass is 32.1. The van der Waals surface area contributed by atoms with Crippen LogP contribution in [-0.4, -0.2) is 36.4 Å². The van der Waals surface area contributed by atoms with E-state index < -0.39 is 0 Å². The third-order valence-corrected chi connectivity index (χ3v) is 4.24. The summed E-state index contributed by atoms with van der Waals surface area (Å²) in [6.07, 6.45) is 4.23. The van der Waals surface area contributed by atoms with Gasteiger partial charge in [0.15, 0.2) is 5.13 Å². The van der Waals surface area contributed by atoms with Crippen molar-refractivity contribution >= 4 is 28.2 Å². The fraction of sp³-hybridized carbons (Fsp3) is 0.429.